The molecule has 180 valence electrons. The number of hydrogen-bond acceptors (Lipinski definition) is 7. The summed E-state index contributed by atoms with van der Waals surface area (Å²) < 4.78 is 7.03. The maximum Gasteiger partial charge on any atom is 0.341 e. The van der Waals surface area contributed by atoms with Crippen LogP contribution in [0.1, 0.15) is 53.2 Å². The molecule has 9 heteroatoms. The van der Waals surface area contributed by atoms with Gasteiger partial charge in [-0.1, -0.05) is 74.2 Å². The number of thiophene rings is 1. The lowest BCUT2D eigenvalue weighted by atomic mass is 9.87. The van der Waals surface area contributed by atoms with Gasteiger partial charge in [-0.25, -0.2) is 4.79 Å². The average molecular weight is 499 g/mol. The zero-order chi connectivity index (χ0) is 24.1. The molecule has 1 saturated carbocycles. The minimum atomic E-state index is -0.466. The first-order valence-corrected chi connectivity index (χ1v) is 13.4. The van der Waals surface area contributed by atoms with Crippen LogP contribution in [0.15, 0.2) is 35.5 Å². The Bertz CT molecular complexity index is 1150. The molecule has 1 fully saturated rings. The van der Waals surface area contributed by atoms with Crippen LogP contribution in [0.25, 0.3) is 11.1 Å². The van der Waals surface area contributed by atoms with Gasteiger partial charge in [0.05, 0.1) is 12.9 Å². The lowest BCUT2D eigenvalue weighted by Gasteiger charge is -2.20. The van der Waals surface area contributed by atoms with E-state index in [9.17, 15) is 9.59 Å². The number of ether oxygens (including phenoxy) is 1. The van der Waals surface area contributed by atoms with Gasteiger partial charge in [0.1, 0.15) is 16.4 Å². The Labute approximate surface area is 208 Å². The van der Waals surface area contributed by atoms with E-state index in [1.54, 1.807) is 0 Å². The van der Waals surface area contributed by atoms with E-state index in [4.69, 9.17) is 4.74 Å². The smallest absolute Gasteiger partial charge is 0.341 e. The Morgan fingerprint density at radius 1 is 1.18 bits per heavy atom. The first-order chi connectivity index (χ1) is 16.5. The van der Waals surface area contributed by atoms with E-state index < -0.39 is 5.97 Å². The molecular formula is C25H30N4O3S2. The number of rotatable bonds is 8. The number of methoxy groups -OCH3 is 1. The first kappa shape index (κ1) is 24.5. The monoisotopic (exact) mass is 498 g/mol. The molecule has 1 aliphatic rings. The van der Waals surface area contributed by atoms with Crippen molar-refractivity contribution in [2.75, 3.05) is 18.2 Å². The zero-order valence-electron chi connectivity index (χ0n) is 19.8. The van der Waals surface area contributed by atoms with Gasteiger partial charge >= 0.3 is 5.97 Å². The summed E-state index contributed by atoms with van der Waals surface area (Å²) in [5.41, 5.74) is 2.10. The molecule has 1 N–H and O–H groups in total. The van der Waals surface area contributed by atoms with Gasteiger partial charge in [-0.3, -0.25) is 4.79 Å². The molecule has 4 rings (SSSR count). The van der Waals surface area contributed by atoms with Gasteiger partial charge in [0.15, 0.2) is 5.16 Å². The first-order valence-electron chi connectivity index (χ1n) is 11.6. The second-order valence-electron chi connectivity index (χ2n) is 8.60. The van der Waals surface area contributed by atoms with Crippen LogP contribution in [0.3, 0.4) is 0 Å². The minimum absolute atomic E-state index is 0.174. The number of nitrogens with zero attached hydrogens (tertiary/aromatic N) is 3. The standard InChI is InChI=1S/C25H30N4O3S2/c1-16-21(18-12-8-5-9-13-18)22(24(31)32-3)23(34-16)26-20(30)15-33-25-28-27-19(29(25)2)14-17-10-6-4-7-11-17/h5,8-9,12-13,17H,4,6-7,10-11,14-15H2,1-3H3,(H,26,30). The average Bonchev–Trinajstić information content (AvgIpc) is 3.37. The Hall–Kier alpha value is -2.65. The van der Waals surface area contributed by atoms with Crippen LogP contribution in [0.5, 0.6) is 0 Å². The summed E-state index contributed by atoms with van der Waals surface area (Å²) >= 11 is 2.73. The number of aromatic nitrogens is 3. The highest BCUT2D eigenvalue weighted by molar-refractivity contribution is 7.99. The third-order valence-electron chi connectivity index (χ3n) is 6.24. The van der Waals surface area contributed by atoms with Crippen molar-refractivity contribution in [3.05, 3.63) is 46.6 Å². The van der Waals surface area contributed by atoms with E-state index in [1.165, 1.54) is 62.3 Å². The molecule has 0 unspecified atom stereocenters. The van der Waals surface area contributed by atoms with Crippen LogP contribution in [-0.4, -0.2) is 39.5 Å². The van der Waals surface area contributed by atoms with E-state index >= 15 is 0 Å². The Morgan fingerprint density at radius 2 is 1.91 bits per heavy atom. The van der Waals surface area contributed by atoms with Crippen molar-refractivity contribution in [3.8, 4) is 11.1 Å². The maximum atomic E-state index is 12.8. The second-order valence-corrected chi connectivity index (χ2v) is 10.8. The molecule has 0 spiro atoms. The fourth-order valence-corrected chi connectivity index (χ4v) is 6.28. The lowest BCUT2D eigenvalue weighted by molar-refractivity contribution is -0.113. The van der Waals surface area contributed by atoms with E-state index in [2.05, 4.69) is 15.5 Å². The van der Waals surface area contributed by atoms with Crippen molar-refractivity contribution in [1.29, 1.82) is 0 Å². The quantitative estimate of drug-likeness (QED) is 0.326. The second kappa shape index (κ2) is 11.2. The van der Waals surface area contributed by atoms with E-state index in [-0.39, 0.29) is 11.7 Å². The van der Waals surface area contributed by atoms with Crippen molar-refractivity contribution >= 4 is 40.0 Å². The van der Waals surface area contributed by atoms with Gasteiger partial charge in [0.2, 0.25) is 5.91 Å². The Morgan fingerprint density at radius 3 is 2.62 bits per heavy atom. The SMILES string of the molecule is COC(=O)c1c(NC(=O)CSc2nnc(CC3CCCCC3)n2C)sc(C)c1-c1ccccc1. The predicted octanol–water partition coefficient (Wildman–Crippen LogP) is 5.49. The molecule has 0 atom stereocenters. The highest BCUT2D eigenvalue weighted by atomic mass is 32.2. The normalized spacial score (nSPS) is 14.2. The van der Waals surface area contributed by atoms with Gasteiger partial charge in [-0.15, -0.1) is 21.5 Å². The number of carbonyl (C=O) groups excluding carboxylic acids is 2. The molecule has 1 aliphatic carbocycles. The number of carbonyl (C=O) groups is 2. The molecule has 3 aromatic rings. The van der Waals surface area contributed by atoms with Crippen LogP contribution < -0.4 is 5.32 Å². The molecule has 0 saturated heterocycles. The number of thioether (sulfide) groups is 1. The molecule has 0 aliphatic heterocycles. The van der Waals surface area contributed by atoms with Gasteiger partial charge in [-0.05, 0) is 18.4 Å². The highest BCUT2D eigenvalue weighted by Crippen LogP contribution is 2.40. The molecular weight excluding hydrogens is 468 g/mol. The van der Waals surface area contributed by atoms with Crippen LogP contribution in [0, 0.1) is 12.8 Å². The summed E-state index contributed by atoms with van der Waals surface area (Å²) in [6, 6.07) is 9.66. The topological polar surface area (TPSA) is 86.1 Å². The van der Waals surface area contributed by atoms with Gasteiger partial charge in [0, 0.05) is 23.9 Å². The third kappa shape index (κ3) is 5.52. The van der Waals surface area contributed by atoms with Crippen LogP contribution in [0.4, 0.5) is 5.00 Å². The fourth-order valence-electron chi connectivity index (χ4n) is 4.47. The number of anilines is 1. The number of nitrogens with one attached hydrogen (secondary N) is 1. The van der Waals surface area contributed by atoms with E-state index in [1.807, 2.05) is 48.9 Å². The summed E-state index contributed by atoms with van der Waals surface area (Å²) in [4.78, 5) is 26.4. The van der Waals surface area contributed by atoms with Crippen molar-refractivity contribution in [2.45, 2.75) is 50.6 Å². The fraction of sp³-hybridized carbons (Fsp3) is 0.440. The van der Waals surface area contributed by atoms with Gasteiger partial charge in [-0.2, -0.15) is 0 Å². The molecule has 7 nitrogen and oxygen atoms in total. The van der Waals surface area contributed by atoms with Crippen molar-refractivity contribution in [1.82, 2.24) is 14.8 Å². The zero-order valence-corrected chi connectivity index (χ0v) is 21.4. The van der Waals surface area contributed by atoms with Gasteiger partial charge < -0.3 is 14.6 Å². The highest BCUT2D eigenvalue weighted by Gasteiger charge is 2.25. The van der Waals surface area contributed by atoms with Crippen LogP contribution in [0.2, 0.25) is 0 Å². The van der Waals surface area contributed by atoms with Crippen LogP contribution in [-0.2, 0) is 23.0 Å². The number of amides is 1. The molecule has 1 aromatic carbocycles. The molecule has 0 radical (unpaired) electrons. The summed E-state index contributed by atoms with van der Waals surface area (Å²) in [6.07, 6.45) is 7.38. The van der Waals surface area contributed by atoms with E-state index in [0.717, 1.165) is 33.4 Å². The molecule has 2 heterocycles. The molecule has 0 bridgehead atoms. The van der Waals surface area contributed by atoms with Gasteiger partial charge in [0.25, 0.3) is 0 Å². The van der Waals surface area contributed by atoms with Crippen molar-refractivity contribution in [3.63, 3.8) is 0 Å². The number of aryl methyl sites for hydroxylation is 1. The number of benzene rings is 1. The third-order valence-corrected chi connectivity index (χ3v) is 8.28. The van der Waals surface area contributed by atoms with Crippen molar-refractivity contribution < 1.29 is 14.3 Å². The summed E-state index contributed by atoms with van der Waals surface area (Å²) in [5.74, 6) is 1.16. The van der Waals surface area contributed by atoms with Crippen molar-refractivity contribution in [2.24, 2.45) is 13.0 Å². The summed E-state index contributed by atoms with van der Waals surface area (Å²) in [7, 11) is 3.31. The Kier molecular flexibility index (Phi) is 8.05. The molecule has 34 heavy (non-hydrogen) atoms. The molecule has 1 amide bonds. The minimum Gasteiger partial charge on any atom is -0.465 e. The predicted molar refractivity (Wildman–Crippen MR) is 136 cm³/mol. The number of hydrogen-bond donors (Lipinski definition) is 1. The lowest BCUT2D eigenvalue weighted by Crippen LogP contribution is -2.16. The Balaban J connectivity index is 1.44. The summed E-state index contributed by atoms with van der Waals surface area (Å²) in [6.45, 7) is 1.94. The largest absolute Gasteiger partial charge is 0.465 e. The summed E-state index contributed by atoms with van der Waals surface area (Å²) in [5, 5.41) is 12.8. The molecule has 2 aromatic heterocycles. The van der Waals surface area contributed by atoms with Crippen LogP contribution >= 0.6 is 23.1 Å². The maximum absolute atomic E-state index is 12.8. The number of esters is 1. The van der Waals surface area contributed by atoms with E-state index in [0.29, 0.717) is 16.5 Å².